The van der Waals surface area contributed by atoms with Crippen molar-refractivity contribution in [2.45, 2.75) is 37.8 Å². The van der Waals surface area contributed by atoms with Gasteiger partial charge in [-0.3, -0.25) is 9.78 Å². The second-order valence-corrected chi connectivity index (χ2v) is 4.57. The molecule has 0 aliphatic heterocycles. The molecule has 1 aromatic heterocycles. The predicted molar refractivity (Wildman–Crippen MR) is 66.8 cm³/mol. The molecule has 4 heteroatoms. The summed E-state index contributed by atoms with van der Waals surface area (Å²) in [5.41, 5.74) is 6.53. The molecule has 4 nitrogen and oxygen atoms in total. The first kappa shape index (κ1) is 12.2. The lowest BCUT2D eigenvalue weighted by Gasteiger charge is -2.29. The number of carbonyl (C=O) groups excluding carboxylic acids is 1. The molecular formula is C13H19N3O. The van der Waals surface area contributed by atoms with E-state index in [1.807, 2.05) is 6.07 Å². The summed E-state index contributed by atoms with van der Waals surface area (Å²) in [6.07, 6.45) is 6.16. The Labute approximate surface area is 102 Å². The summed E-state index contributed by atoms with van der Waals surface area (Å²) in [7, 11) is 0. The molecule has 2 atom stereocenters. The summed E-state index contributed by atoms with van der Waals surface area (Å²) in [5, 5.41) is 3.26. The maximum Gasteiger partial charge on any atom is 0.194 e. The molecule has 1 heterocycles. The van der Waals surface area contributed by atoms with Crippen molar-refractivity contribution in [3.05, 3.63) is 30.1 Å². The van der Waals surface area contributed by atoms with Crippen LogP contribution >= 0.6 is 0 Å². The van der Waals surface area contributed by atoms with Crippen LogP contribution in [0.3, 0.4) is 0 Å². The third-order valence-electron chi connectivity index (χ3n) is 3.29. The topological polar surface area (TPSA) is 68.0 Å². The minimum absolute atomic E-state index is 0.0309. The second-order valence-electron chi connectivity index (χ2n) is 4.57. The lowest BCUT2D eigenvalue weighted by Crippen LogP contribution is -2.48. The van der Waals surface area contributed by atoms with E-state index in [4.69, 9.17) is 5.73 Å². The first-order valence-electron chi connectivity index (χ1n) is 6.20. The zero-order valence-corrected chi connectivity index (χ0v) is 9.93. The van der Waals surface area contributed by atoms with E-state index in [0.29, 0.717) is 12.2 Å². The number of carbonyl (C=O) groups is 1. The van der Waals surface area contributed by atoms with Crippen LogP contribution in [0.4, 0.5) is 0 Å². The molecule has 0 spiro atoms. The van der Waals surface area contributed by atoms with Gasteiger partial charge in [0.1, 0.15) is 5.69 Å². The number of hydrogen-bond acceptors (Lipinski definition) is 4. The molecule has 0 radical (unpaired) electrons. The summed E-state index contributed by atoms with van der Waals surface area (Å²) in [5.74, 6) is 0.0309. The highest BCUT2D eigenvalue weighted by molar-refractivity contribution is 5.95. The Balaban J connectivity index is 1.84. The maximum absolute atomic E-state index is 11.8. The maximum atomic E-state index is 11.8. The fourth-order valence-electron chi connectivity index (χ4n) is 2.26. The van der Waals surface area contributed by atoms with Crippen molar-refractivity contribution in [3.8, 4) is 0 Å². The van der Waals surface area contributed by atoms with E-state index in [1.54, 1.807) is 18.3 Å². The van der Waals surface area contributed by atoms with Crippen LogP contribution in [0.1, 0.15) is 36.2 Å². The van der Waals surface area contributed by atoms with E-state index in [1.165, 1.54) is 12.8 Å². The van der Waals surface area contributed by atoms with Crippen molar-refractivity contribution in [1.82, 2.24) is 10.3 Å². The quantitative estimate of drug-likeness (QED) is 0.765. The smallest absolute Gasteiger partial charge is 0.194 e. The monoisotopic (exact) mass is 233 g/mol. The standard InChI is InChI=1S/C13H19N3O/c14-10-5-1-2-6-11(10)16-9-13(17)12-7-3-4-8-15-12/h3-4,7-8,10-11,16H,1-2,5-6,9,14H2/t10-,11-/m0/s1. The van der Waals surface area contributed by atoms with Gasteiger partial charge in [0.25, 0.3) is 0 Å². The fourth-order valence-corrected chi connectivity index (χ4v) is 2.26. The predicted octanol–water partition coefficient (Wildman–Crippen LogP) is 1.12. The second kappa shape index (κ2) is 5.89. The van der Waals surface area contributed by atoms with Gasteiger partial charge in [0.15, 0.2) is 5.78 Å². The third kappa shape index (κ3) is 3.35. The summed E-state index contributed by atoms with van der Waals surface area (Å²) >= 11 is 0. The Bertz CT molecular complexity index is 366. The van der Waals surface area contributed by atoms with Gasteiger partial charge in [-0.25, -0.2) is 0 Å². The molecule has 3 N–H and O–H groups in total. The molecule has 0 saturated heterocycles. The highest BCUT2D eigenvalue weighted by Crippen LogP contribution is 2.16. The van der Waals surface area contributed by atoms with E-state index in [9.17, 15) is 4.79 Å². The van der Waals surface area contributed by atoms with Crippen LogP contribution in [0.2, 0.25) is 0 Å². The Kier molecular flexibility index (Phi) is 4.23. The van der Waals surface area contributed by atoms with Crippen molar-refractivity contribution in [3.63, 3.8) is 0 Å². The van der Waals surface area contributed by atoms with E-state index >= 15 is 0 Å². The number of ketones is 1. The van der Waals surface area contributed by atoms with Gasteiger partial charge in [-0.2, -0.15) is 0 Å². The number of rotatable bonds is 4. The molecule has 1 aliphatic carbocycles. The van der Waals surface area contributed by atoms with Gasteiger partial charge >= 0.3 is 0 Å². The van der Waals surface area contributed by atoms with Gasteiger partial charge < -0.3 is 11.1 Å². The highest BCUT2D eigenvalue weighted by Gasteiger charge is 2.21. The van der Waals surface area contributed by atoms with E-state index in [2.05, 4.69) is 10.3 Å². The number of nitrogens with one attached hydrogen (secondary N) is 1. The Morgan fingerprint density at radius 2 is 2.24 bits per heavy atom. The molecule has 1 fully saturated rings. The zero-order valence-electron chi connectivity index (χ0n) is 9.93. The van der Waals surface area contributed by atoms with Gasteiger partial charge in [0.05, 0.1) is 6.54 Å². The third-order valence-corrected chi connectivity index (χ3v) is 3.29. The van der Waals surface area contributed by atoms with Gasteiger partial charge in [0.2, 0.25) is 0 Å². The first-order valence-corrected chi connectivity index (χ1v) is 6.20. The van der Waals surface area contributed by atoms with Gasteiger partial charge in [-0.15, -0.1) is 0 Å². The van der Waals surface area contributed by atoms with Crippen LogP contribution in [-0.4, -0.2) is 29.4 Å². The molecule has 92 valence electrons. The average Bonchev–Trinajstić information content (AvgIpc) is 2.38. The molecule has 17 heavy (non-hydrogen) atoms. The SMILES string of the molecule is N[C@H]1CCCC[C@@H]1NCC(=O)c1ccccn1. The van der Waals surface area contributed by atoms with Crippen molar-refractivity contribution < 1.29 is 4.79 Å². The summed E-state index contributed by atoms with van der Waals surface area (Å²) in [6, 6.07) is 5.83. The summed E-state index contributed by atoms with van der Waals surface area (Å²) < 4.78 is 0. The summed E-state index contributed by atoms with van der Waals surface area (Å²) in [4.78, 5) is 15.9. The molecule has 0 amide bonds. The number of nitrogens with two attached hydrogens (primary N) is 1. The van der Waals surface area contributed by atoms with Crippen molar-refractivity contribution >= 4 is 5.78 Å². The van der Waals surface area contributed by atoms with Gasteiger partial charge in [-0.05, 0) is 25.0 Å². The highest BCUT2D eigenvalue weighted by atomic mass is 16.1. The van der Waals surface area contributed by atoms with Crippen LogP contribution in [0.25, 0.3) is 0 Å². The van der Waals surface area contributed by atoms with Crippen LogP contribution in [0, 0.1) is 0 Å². The zero-order chi connectivity index (χ0) is 12.1. The first-order chi connectivity index (χ1) is 8.27. The Morgan fingerprint density at radius 1 is 1.41 bits per heavy atom. The Morgan fingerprint density at radius 3 is 2.94 bits per heavy atom. The van der Waals surface area contributed by atoms with Crippen molar-refractivity contribution in [2.75, 3.05) is 6.54 Å². The van der Waals surface area contributed by atoms with Gasteiger partial charge in [-0.1, -0.05) is 18.9 Å². The molecule has 1 aromatic rings. The number of Topliss-reactive ketones (excluding diaryl/α,β-unsaturated/α-hetero) is 1. The van der Waals surface area contributed by atoms with E-state index in [0.717, 1.165) is 12.8 Å². The van der Waals surface area contributed by atoms with Crippen LogP contribution < -0.4 is 11.1 Å². The van der Waals surface area contributed by atoms with Crippen molar-refractivity contribution in [1.29, 1.82) is 0 Å². The lowest BCUT2D eigenvalue weighted by atomic mass is 9.91. The average molecular weight is 233 g/mol. The van der Waals surface area contributed by atoms with Crippen LogP contribution in [-0.2, 0) is 0 Å². The lowest BCUT2D eigenvalue weighted by molar-refractivity contribution is 0.0978. The normalized spacial score (nSPS) is 24.5. The minimum Gasteiger partial charge on any atom is -0.326 e. The van der Waals surface area contributed by atoms with E-state index in [-0.39, 0.29) is 17.9 Å². The van der Waals surface area contributed by atoms with E-state index < -0.39 is 0 Å². The molecule has 0 bridgehead atoms. The molecule has 1 aliphatic rings. The fraction of sp³-hybridized carbons (Fsp3) is 0.538. The van der Waals surface area contributed by atoms with Crippen LogP contribution in [0.5, 0.6) is 0 Å². The largest absolute Gasteiger partial charge is 0.326 e. The van der Waals surface area contributed by atoms with Crippen LogP contribution in [0.15, 0.2) is 24.4 Å². The number of pyridine rings is 1. The number of aromatic nitrogens is 1. The molecule has 0 aromatic carbocycles. The summed E-state index contributed by atoms with van der Waals surface area (Å²) in [6.45, 7) is 0.329. The number of nitrogens with zero attached hydrogens (tertiary/aromatic N) is 1. The Hall–Kier alpha value is -1.26. The minimum atomic E-state index is 0.0309. The van der Waals surface area contributed by atoms with Crippen molar-refractivity contribution in [2.24, 2.45) is 5.73 Å². The molecule has 2 rings (SSSR count). The number of hydrogen-bond donors (Lipinski definition) is 2. The van der Waals surface area contributed by atoms with Gasteiger partial charge in [0, 0.05) is 18.3 Å². The molecule has 1 saturated carbocycles. The molecular weight excluding hydrogens is 214 g/mol. The molecule has 0 unspecified atom stereocenters.